The summed E-state index contributed by atoms with van der Waals surface area (Å²) in [5, 5.41) is 121. The summed E-state index contributed by atoms with van der Waals surface area (Å²) in [4.78, 5) is 13.5. The number of carbonyl (C=O) groups excluding carboxylic acids is 1. The third kappa shape index (κ3) is 53.2. The highest BCUT2D eigenvalue weighted by atomic mass is 16.8. The maximum atomic E-state index is 13.5. The molecule has 19 heteroatoms. The number of unbranched alkanes of at least 4 members (excludes halogenated alkanes) is 55. The van der Waals surface area contributed by atoms with Gasteiger partial charge < -0.3 is 89.9 Å². The highest BCUT2D eigenvalue weighted by Crippen LogP contribution is 2.34. The minimum Gasteiger partial charge on any atom is -0.394 e. The van der Waals surface area contributed by atoms with Crippen LogP contribution < -0.4 is 5.32 Å². The van der Waals surface area contributed by atoms with Crippen molar-refractivity contribution < 1.29 is 89.4 Å². The van der Waals surface area contributed by atoms with Crippen LogP contribution in [0.15, 0.2) is 60.8 Å². The van der Waals surface area contributed by atoms with Crippen molar-refractivity contribution >= 4 is 5.91 Å². The number of rotatable bonds is 79. The lowest BCUT2D eigenvalue weighted by atomic mass is 9.96. The lowest BCUT2D eigenvalue weighted by molar-refractivity contribution is -0.379. The van der Waals surface area contributed by atoms with E-state index in [1.165, 1.54) is 327 Å². The first kappa shape index (κ1) is 107. The lowest BCUT2D eigenvalue weighted by Gasteiger charge is -2.48. The van der Waals surface area contributed by atoms with Gasteiger partial charge in [-0.05, 0) is 70.6 Å². The van der Waals surface area contributed by atoms with Gasteiger partial charge in [0, 0.05) is 6.42 Å². The van der Waals surface area contributed by atoms with Gasteiger partial charge in [-0.2, -0.15) is 0 Å². The Morgan fingerprint density at radius 1 is 0.313 bits per heavy atom. The van der Waals surface area contributed by atoms with E-state index >= 15 is 0 Å². The van der Waals surface area contributed by atoms with E-state index < -0.39 is 124 Å². The molecule has 3 heterocycles. The molecule has 19 nitrogen and oxygen atoms in total. The fourth-order valence-corrected chi connectivity index (χ4v) is 16.2. The molecular weight excluding hydrogens is 1460 g/mol. The highest BCUT2D eigenvalue weighted by molar-refractivity contribution is 5.76. The van der Waals surface area contributed by atoms with E-state index in [1.807, 2.05) is 6.08 Å². The minimum atomic E-state index is -1.98. The first-order valence-corrected chi connectivity index (χ1v) is 48.0. The number of ether oxygens (including phenoxy) is 6. The zero-order chi connectivity index (χ0) is 83.1. The van der Waals surface area contributed by atoms with E-state index in [0.717, 1.165) is 51.4 Å². The van der Waals surface area contributed by atoms with Gasteiger partial charge in [0.1, 0.15) is 73.2 Å². The predicted molar refractivity (Wildman–Crippen MR) is 466 cm³/mol. The third-order valence-corrected chi connectivity index (χ3v) is 23.8. The molecule has 0 aromatic heterocycles. The lowest BCUT2D eigenvalue weighted by Crippen LogP contribution is -2.66. The van der Waals surface area contributed by atoms with Gasteiger partial charge in [-0.15, -0.1) is 0 Å². The van der Waals surface area contributed by atoms with Crippen LogP contribution in [0.25, 0.3) is 0 Å². The van der Waals surface area contributed by atoms with E-state index in [4.69, 9.17) is 28.4 Å². The average Bonchev–Trinajstić information content (AvgIpc) is 0.779. The fraction of sp³-hybridized carbons (Fsp3) is 0.885. The van der Waals surface area contributed by atoms with Crippen molar-refractivity contribution in [3.05, 3.63) is 60.8 Å². The molecule has 0 bridgehead atoms. The van der Waals surface area contributed by atoms with Crippen molar-refractivity contribution in [2.75, 3.05) is 26.4 Å². The molecule has 0 aromatic rings. The van der Waals surface area contributed by atoms with Gasteiger partial charge in [-0.3, -0.25) is 4.79 Å². The monoisotopic (exact) mass is 1630 g/mol. The zero-order valence-corrected chi connectivity index (χ0v) is 73.0. The van der Waals surface area contributed by atoms with Gasteiger partial charge in [-0.1, -0.05) is 396 Å². The molecule has 3 fully saturated rings. The number of aliphatic hydroxyl groups excluding tert-OH is 11. The first-order chi connectivity index (χ1) is 56.3. The van der Waals surface area contributed by atoms with Crippen molar-refractivity contribution in [2.24, 2.45) is 0 Å². The summed E-state index contributed by atoms with van der Waals surface area (Å²) in [5.41, 5.74) is 0. The van der Waals surface area contributed by atoms with E-state index in [1.54, 1.807) is 6.08 Å². The van der Waals surface area contributed by atoms with Gasteiger partial charge >= 0.3 is 0 Å². The standard InChI is InChI=1S/C96H177NO18/c1-3-5-7-9-11-13-15-17-19-21-23-25-27-29-31-33-35-36-37-38-39-40-41-42-44-46-48-50-52-54-56-58-60-62-64-66-68-70-72-74-84(102)97-79(80(101)73-71-69-67-65-63-61-59-57-55-53-51-49-47-45-43-34-32-30-28-26-24-22-20-18-16-14-12-10-8-6-4-2)78-110-94-90(108)87(105)92(82(76-99)112-94)115-96-91(109)88(106)93(83(77-100)113-96)114-95-89(107)86(104)85(103)81(75-98)111-95/h15,17,21,23,27,29,63,65,71,73,79-83,85-96,98-101,103-109H,3-14,16,18-20,22,24-26,28,30-62,64,66-70,72,74-78H2,1-2H3,(H,97,102)/b17-15-,23-21-,29-27-,65-63+,73-71+. The minimum absolute atomic E-state index is 0.238. The number of nitrogens with one attached hydrogen (secondary N) is 1. The molecule has 1 amide bonds. The summed E-state index contributed by atoms with van der Waals surface area (Å²) in [6.45, 7) is 1.77. The van der Waals surface area contributed by atoms with Gasteiger partial charge in [0.2, 0.25) is 5.91 Å². The molecule has 17 unspecified atom stereocenters. The smallest absolute Gasteiger partial charge is 0.220 e. The normalized spacial score (nSPS) is 24.8. The molecule has 0 aromatic carbocycles. The van der Waals surface area contributed by atoms with Crippen molar-refractivity contribution in [1.29, 1.82) is 0 Å². The van der Waals surface area contributed by atoms with Crippen molar-refractivity contribution in [1.82, 2.24) is 5.32 Å². The number of amides is 1. The van der Waals surface area contributed by atoms with E-state index in [-0.39, 0.29) is 18.9 Å². The number of hydrogen-bond acceptors (Lipinski definition) is 18. The van der Waals surface area contributed by atoms with Crippen LogP contribution in [0.1, 0.15) is 412 Å². The largest absolute Gasteiger partial charge is 0.394 e. The number of carbonyl (C=O) groups is 1. The summed E-state index contributed by atoms with van der Waals surface area (Å²) in [5.74, 6) is -0.278. The van der Waals surface area contributed by atoms with Crippen LogP contribution in [0.3, 0.4) is 0 Å². The topological polar surface area (TPSA) is 307 Å². The van der Waals surface area contributed by atoms with Gasteiger partial charge in [-0.25, -0.2) is 0 Å². The maximum absolute atomic E-state index is 13.5. The summed E-state index contributed by atoms with van der Waals surface area (Å²) >= 11 is 0. The van der Waals surface area contributed by atoms with Crippen LogP contribution in [0, 0.1) is 0 Å². The Hall–Kier alpha value is -2.51. The van der Waals surface area contributed by atoms with Crippen molar-refractivity contribution in [2.45, 2.75) is 516 Å². The molecule has 17 atom stereocenters. The van der Waals surface area contributed by atoms with Crippen LogP contribution in [0.4, 0.5) is 0 Å². The molecule has 3 aliphatic heterocycles. The van der Waals surface area contributed by atoms with Gasteiger partial charge in [0.25, 0.3) is 0 Å². The molecule has 12 N–H and O–H groups in total. The van der Waals surface area contributed by atoms with Gasteiger partial charge in [0.15, 0.2) is 18.9 Å². The van der Waals surface area contributed by atoms with Crippen molar-refractivity contribution in [3.63, 3.8) is 0 Å². The van der Waals surface area contributed by atoms with Crippen LogP contribution in [0.5, 0.6) is 0 Å². The molecule has 0 aliphatic carbocycles. The molecule has 674 valence electrons. The predicted octanol–water partition coefficient (Wildman–Crippen LogP) is 19.3. The Bertz CT molecular complexity index is 2310. The molecule has 3 rings (SSSR count). The maximum Gasteiger partial charge on any atom is 0.220 e. The Balaban J connectivity index is 1.30. The molecule has 115 heavy (non-hydrogen) atoms. The molecular formula is C96H177NO18. The number of hydrogen-bond donors (Lipinski definition) is 12. The number of aliphatic hydroxyl groups is 11. The first-order valence-electron chi connectivity index (χ1n) is 48.0. The Kier molecular flexibility index (Phi) is 69.8. The second-order valence-corrected chi connectivity index (χ2v) is 34.2. The van der Waals surface area contributed by atoms with Crippen LogP contribution in [-0.4, -0.2) is 193 Å². The fourth-order valence-electron chi connectivity index (χ4n) is 16.2. The highest BCUT2D eigenvalue weighted by Gasteiger charge is 2.54. The molecule has 3 aliphatic rings. The molecule has 3 saturated heterocycles. The second-order valence-electron chi connectivity index (χ2n) is 34.2. The van der Waals surface area contributed by atoms with E-state index in [2.05, 4.69) is 67.8 Å². The summed E-state index contributed by atoms with van der Waals surface area (Å²) in [6, 6.07) is -0.993. The summed E-state index contributed by atoms with van der Waals surface area (Å²) in [6.07, 6.45) is 74.0. The number of allylic oxidation sites excluding steroid dienone is 9. The van der Waals surface area contributed by atoms with Crippen LogP contribution in [-0.2, 0) is 33.2 Å². The third-order valence-electron chi connectivity index (χ3n) is 23.8. The Labute approximate surface area is 700 Å². The molecule has 0 spiro atoms. The quantitative estimate of drug-likeness (QED) is 0.0199. The Morgan fingerprint density at radius 2 is 0.583 bits per heavy atom. The van der Waals surface area contributed by atoms with E-state index in [0.29, 0.717) is 12.8 Å². The zero-order valence-electron chi connectivity index (χ0n) is 73.0. The molecule has 0 saturated carbocycles. The second kappa shape index (κ2) is 75.2. The van der Waals surface area contributed by atoms with Crippen LogP contribution >= 0.6 is 0 Å². The van der Waals surface area contributed by atoms with Crippen molar-refractivity contribution in [3.8, 4) is 0 Å². The van der Waals surface area contributed by atoms with Crippen LogP contribution in [0.2, 0.25) is 0 Å². The molecule has 0 radical (unpaired) electrons. The van der Waals surface area contributed by atoms with E-state index in [9.17, 15) is 61.0 Å². The SMILES string of the molecule is CCCCCCC/C=C\C/C=C\C/C=C\CCCCCCCCCCCCCCCCCCCCCCCCCCC(=O)NC(COC1OC(CO)C(OC2OC(CO)C(OC3OC(CO)C(O)C(O)C3O)C(O)C2O)C(O)C1O)C(O)/C=C/CC/C=C/CCCCCCCCCCCCCCCCCCCCCCCCCCC. The summed E-state index contributed by atoms with van der Waals surface area (Å²) in [7, 11) is 0. The van der Waals surface area contributed by atoms with Gasteiger partial charge in [0.05, 0.1) is 38.6 Å². The summed E-state index contributed by atoms with van der Waals surface area (Å²) < 4.78 is 34.5. The average molecular weight is 1630 g/mol. The Morgan fingerprint density at radius 3 is 0.930 bits per heavy atom.